The third kappa shape index (κ3) is 2.84. The number of aliphatic imine (C=N–C) groups is 1. The maximum absolute atomic E-state index is 5.34. The Morgan fingerprint density at radius 2 is 2.20 bits per heavy atom. The van der Waals surface area contributed by atoms with Crippen molar-refractivity contribution in [3.8, 4) is 5.75 Å². The Hall–Kier alpha value is -1.77. The first-order chi connectivity index (χ1) is 7.47. The fourth-order valence-corrected chi connectivity index (χ4v) is 1.39. The van der Waals surface area contributed by atoms with Gasteiger partial charge in [0.2, 0.25) is 0 Å². The van der Waals surface area contributed by atoms with E-state index in [2.05, 4.69) is 16.4 Å². The zero-order valence-corrected chi connectivity index (χ0v) is 8.52. The minimum absolute atomic E-state index is 0.705. The van der Waals surface area contributed by atoms with Gasteiger partial charge in [0.05, 0.1) is 12.9 Å². The van der Waals surface area contributed by atoms with Gasteiger partial charge in [0, 0.05) is 12.1 Å². The minimum atomic E-state index is 0.705. The van der Waals surface area contributed by atoms with Gasteiger partial charge in [0.25, 0.3) is 0 Å². The molecule has 0 aliphatic carbocycles. The van der Waals surface area contributed by atoms with E-state index in [-0.39, 0.29) is 0 Å². The van der Waals surface area contributed by atoms with Crippen LogP contribution >= 0.6 is 0 Å². The zero-order valence-electron chi connectivity index (χ0n) is 8.52. The average molecular weight is 202 g/mol. The minimum Gasteiger partial charge on any atom is -0.489 e. The summed E-state index contributed by atoms with van der Waals surface area (Å²) in [5.74, 6) is 0.991. The van der Waals surface area contributed by atoms with E-state index in [1.807, 2.05) is 30.3 Å². The van der Waals surface area contributed by atoms with E-state index in [9.17, 15) is 0 Å². The molecule has 2 heterocycles. The first kappa shape index (κ1) is 9.77. The average Bonchev–Trinajstić information content (AvgIpc) is 2.88. The molecule has 2 aliphatic rings. The van der Waals surface area contributed by atoms with Crippen molar-refractivity contribution in [3.05, 3.63) is 35.9 Å². The van der Waals surface area contributed by atoms with Crippen LogP contribution in [-0.2, 0) is 0 Å². The van der Waals surface area contributed by atoms with Crippen molar-refractivity contribution in [2.75, 3.05) is 19.7 Å². The number of fused-ring (bicyclic) bond motifs is 1. The van der Waals surface area contributed by atoms with E-state index in [1.165, 1.54) is 5.56 Å². The lowest BCUT2D eigenvalue weighted by Gasteiger charge is -2.10. The molecular formula is C12H14N2O. The van der Waals surface area contributed by atoms with E-state index in [0.29, 0.717) is 6.61 Å². The number of benzene rings is 1. The summed E-state index contributed by atoms with van der Waals surface area (Å²) < 4.78 is 5.34. The number of nitrogens with zero attached hydrogens (tertiary/aromatic N) is 1. The van der Waals surface area contributed by atoms with Crippen molar-refractivity contribution in [2.24, 2.45) is 4.99 Å². The van der Waals surface area contributed by atoms with Gasteiger partial charge < -0.3 is 10.1 Å². The number of para-hydroxylation sites is 1. The van der Waals surface area contributed by atoms with Gasteiger partial charge in [-0.15, -0.1) is 0 Å². The highest BCUT2D eigenvalue weighted by Crippen LogP contribution is 2.21. The quantitative estimate of drug-likeness (QED) is 0.695. The summed E-state index contributed by atoms with van der Waals surface area (Å²) in [7, 11) is 0. The van der Waals surface area contributed by atoms with Crippen molar-refractivity contribution in [2.45, 2.75) is 0 Å². The Kier molecular flexibility index (Phi) is 3.38. The molecule has 3 rings (SSSR count). The van der Waals surface area contributed by atoms with Crippen LogP contribution in [0.2, 0.25) is 0 Å². The van der Waals surface area contributed by atoms with E-state index in [0.717, 1.165) is 18.8 Å². The molecular weight excluding hydrogens is 188 g/mol. The second-order valence-corrected chi connectivity index (χ2v) is 3.24. The standard InChI is InChI=1S/C9H8O.C3H6N2/c1-2-6-9-8(4-1)5-3-7-10-9;1-2-5-3-4-1/h1-6H,7H2;3H,1-2H2,(H,4,5). The van der Waals surface area contributed by atoms with Crippen LogP contribution in [0.5, 0.6) is 5.75 Å². The van der Waals surface area contributed by atoms with Crippen LogP contribution < -0.4 is 10.1 Å². The molecule has 0 unspecified atom stereocenters. The van der Waals surface area contributed by atoms with Crippen molar-refractivity contribution >= 4 is 12.4 Å². The maximum Gasteiger partial charge on any atom is 0.126 e. The molecule has 0 spiro atoms. The molecule has 0 aromatic heterocycles. The third-order valence-electron chi connectivity index (χ3n) is 2.12. The highest BCUT2D eigenvalue weighted by Gasteiger charge is 2.01. The van der Waals surface area contributed by atoms with Crippen molar-refractivity contribution < 1.29 is 4.74 Å². The molecule has 0 saturated heterocycles. The largest absolute Gasteiger partial charge is 0.489 e. The molecule has 1 aromatic carbocycles. The summed E-state index contributed by atoms with van der Waals surface area (Å²) in [6.45, 7) is 2.69. The van der Waals surface area contributed by atoms with Crippen molar-refractivity contribution in [1.82, 2.24) is 5.32 Å². The van der Waals surface area contributed by atoms with Crippen LogP contribution in [0.1, 0.15) is 5.56 Å². The highest BCUT2D eigenvalue weighted by atomic mass is 16.5. The first-order valence-corrected chi connectivity index (χ1v) is 5.07. The number of nitrogens with one attached hydrogen (secondary N) is 1. The Morgan fingerprint density at radius 3 is 2.87 bits per heavy atom. The molecule has 0 radical (unpaired) electrons. The highest BCUT2D eigenvalue weighted by molar-refractivity contribution is 5.58. The molecule has 0 amide bonds. The SMILES string of the molecule is C1=Cc2ccccc2OC1.C1=NCCN1. The molecule has 0 saturated carbocycles. The molecule has 0 atom stereocenters. The Morgan fingerprint density at radius 1 is 1.27 bits per heavy atom. The van der Waals surface area contributed by atoms with Gasteiger partial charge in [-0.3, -0.25) is 4.99 Å². The lowest BCUT2D eigenvalue weighted by atomic mass is 10.1. The topological polar surface area (TPSA) is 33.6 Å². The molecule has 3 nitrogen and oxygen atoms in total. The number of ether oxygens (including phenoxy) is 1. The van der Waals surface area contributed by atoms with E-state index >= 15 is 0 Å². The summed E-state index contributed by atoms with van der Waals surface area (Å²) in [6, 6.07) is 8.03. The zero-order chi connectivity index (χ0) is 10.3. The predicted molar refractivity (Wildman–Crippen MR) is 62.3 cm³/mol. The van der Waals surface area contributed by atoms with E-state index < -0.39 is 0 Å². The summed E-state index contributed by atoms with van der Waals surface area (Å²) in [5, 5.41) is 2.93. The maximum atomic E-state index is 5.34. The molecule has 0 fully saturated rings. The molecule has 2 aliphatic heterocycles. The fraction of sp³-hybridized carbons (Fsp3) is 0.250. The Labute approximate surface area is 89.5 Å². The fourth-order valence-electron chi connectivity index (χ4n) is 1.39. The number of hydrogen-bond donors (Lipinski definition) is 1. The second-order valence-electron chi connectivity index (χ2n) is 3.24. The van der Waals surface area contributed by atoms with Gasteiger partial charge in [-0.05, 0) is 12.1 Å². The summed E-state index contributed by atoms with van der Waals surface area (Å²) in [4.78, 5) is 3.85. The van der Waals surface area contributed by atoms with Crippen molar-refractivity contribution in [3.63, 3.8) is 0 Å². The molecule has 15 heavy (non-hydrogen) atoms. The molecule has 78 valence electrons. The monoisotopic (exact) mass is 202 g/mol. The van der Waals surface area contributed by atoms with E-state index in [4.69, 9.17) is 4.74 Å². The molecule has 0 bridgehead atoms. The summed E-state index contributed by atoms with van der Waals surface area (Å²) in [5.41, 5.74) is 1.17. The van der Waals surface area contributed by atoms with Gasteiger partial charge in [-0.1, -0.05) is 24.3 Å². The summed E-state index contributed by atoms with van der Waals surface area (Å²) >= 11 is 0. The number of rotatable bonds is 0. The van der Waals surface area contributed by atoms with Gasteiger partial charge >= 0.3 is 0 Å². The molecule has 1 N–H and O–H groups in total. The van der Waals surface area contributed by atoms with Crippen LogP contribution in [-0.4, -0.2) is 26.0 Å². The smallest absolute Gasteiger partial charge is 0.126 e. The second kappa shape index (κ2) is 5.20. The molecule has 3 heteroatoms. The van der Waals surface area contributed by atoms with Crippen LogP contribution in [0.3, 0.4) is 0 Å². The van der Waals surface area contributed by atoms with Crippen LogP contribution in [0.25, 0.3) is 6.08 Å². The third-order valence-corrected chi connectivity index (χ3v) is 2.12. The van der Waals surface area contributed by atoms with Crippen molar-refractivity contribution in [1.29, 1.82) is 0 Å². The van der Waals surface area contributed by atoms with Gasteiger partial charge in [0.1, 0.15) is 12.4 Å². The van der Waals surface area contributed by atoms with Crippen LogP contribution in [0.4, 0.5) is 0 Å². The van der Waals surface area contributed by atoms with Crippen LogP contribution in [0.15, 0.2) is 35.3 Å². The van der Waals surface area contributed by atoms with Gasteiger partial charge in [-0.25, -0.2) is 0 Å². The lowest BCUT2D eigenvalue weighted by molar-refractivity contribution is 0.358. The van der Waals surface area contributed by atoms with E-state index in [1.54, 1.807) is 6.34 Å². The Bertz CT molecular complexity index is 366. The number of hydrogen-bond acceptors (Lipinski definition) is 3. The molecule has 1 aromatic rings. The van der Waals surface area contributed by atoms with Gasteiger partial charge in [0.15, 0.2) is 0 Å². The normalized spacial score (nSPS) is 15.7. The van der Waals surface area contributed by atoms with Gasteiger partial charge in [-0.2, -0.15) is 0 Å². The Balaban J connectivity index is 0.000000144. The summed E-state index contributed by atoms with van der Waals surface area (Å²) in [6.07, 6.45) is 5.83. The predicted octanol–water partition coefficient (Wildman–Crippen LogP) is 1.71. The van der Waals surface area contributed by atoms with Crippen LogP contribution in [0, 0.1) is 0 Å². The first-order valence-electron chi connectivity index (χ1n) is 5.07. The lowest BCUT2D eigenvalue weighted by Crippen LogP contribution is -2.04.